The highest BCUT2D eigenvalue weighted by molar-refractivity contribution is 7.15. The predicted octanol–water partition coefficient (Wildman–Crippen LogP) is 0.644. The minimum absolute atomic E-state index is 0. The zero-order valence-electron chi connectivity index (χ0n) is 10.6. The third kappa shape index (κ3) is 7.78. The van der Waals surface area contributed by atoms with Crippen molar-refractivity contribution < 1.29 is 4.79 Å². The summed E-state index contributed by atoms with van der Waals surface area (Å²) in [6.07, 6.45) is 0.854. The third-order valence-electron chi connectivity index (χ3n) is 1.82. The minimum Gasteiger partial charge on any atom is -0.311 e. The van der Waals surface area contributed by atoms with Gasteiger partial charge in [-0.1, -0.05) is 11.3 Å². The van der Waals surface area contributed by atoms with Gasteiger partial charge in [-0.3, -0.25) is 10.1 Å². The van der Waals surface area contributed by atoms with Gasteiger partial charge >= 0.3 is 0 Å². The second-order valence-corrected chi connectivity index (χ2v) is 4.69. The number of amides is 1. The van der Waals surface area contributed by atoms with Crippen LogP contribution in [-0.4, -0.2) is 55.2 Å². The smallest absolute Gasteiger partial charge is 0.240 e. The molecule has 106 valence electrons. The molecular weight excluding hydrogens is 297 g/mol. The van der Waals surface area contributed by atoms with E-state index in [1.165, 1.54) is 11.3 Å². The first-order valence-electron chi connectivity index (χ1n) is 5.03. The van der Waals surface area contributed by atoms with Crippen molar-refractivity contribution in [2.75, 3.05) is 39.5 Å². The lowest BCUT2D eigenvalue weighted by atomic mass is 10.4. The highest BCUT2D eigenvalue weighted by Gasteiger charge is 2.07. The molecule has 0 saturated heterocycles. The lowest BCUT2D eigenvalue weighted by molar-refractivity contribution is -0.115. The Balaban J connectivity index is 0. The quantitative estimate of drug-likeness (QED) is 0.806. The Labute approximate surface area is 123 Å². The van der Waals surface area contributed by atoms with Crippen molar-refractivity contribution in [2.45, 2.75) is 6.42 Å². The first kappa shape index (κ1) is 19.9. The van der Waals surface area contributed by atoms with E-state index in [0.717, 1.165) is 18.0 Å². The van der Waals surface area contributed by atoms with Crippen LogP contribution < -0.4 is 10.6 Å². The van der Waals surface area contributed by atoms with Crippen molar-refractivity contribution in [2.24, 2.45) is 0 Å². The standard InChI is InChI=1S/C9H17N5OS.2ClH/c1-10-6-7(15)11-9-13-12-8(16-9)4-5-14(2)3;;/h10H,4-6H2,1-3H3,(H,11,13,15);2*1H. The van der Waals surface area contributed by atoms with Gasteiger partial charge in [0.1, 0.15) is 5.01 Å². The maximum atomic E-state index is 11.2. The number of hydrogen-bond acceptors (Lipinski definition) is 6. The molecule has 2 N–H and O–H groups in total. The van der Waals surface area contributed by atoms with Gasteiger partial charge in [-0.05, 0) is 21.1 Å². The zero-order chi connectivity index (χ0) is 12.0. The van der Waals surface area contributed by atoms with Gasteiger partial charge in [-0.25, -0.2) is 0 Å². The highest BCUT2D eigenvalue weighted by atomic mass is 35.5. The van der Waals surface area contributed by atoms with Gasteiger partial charge in [-0.2, -0.15) is 0 Å². The van der Waals surface area contributed by atoms with Crippen molar-refractivity contribution in [1.82, 2.24) is 20.4 Å². The molecule has 0 saturated carbocycles. The molecule has 18 heavy (non-hydrogen) atoms. The van der Waals surface area contributed by atoms with Crippen LogP contribution in [0, 0.1) is 0 Å². The SMILES string of the molecule is CNCC(=O)Nc1nnc(CCN(C)C)s1.Cl.Cl. The van der Waals surface area contributed by atoms with Gasteiger partial charge in [0.2, 0.25) is 11.0 Å². The average Bonchev–Trinajstić information content (AvgIpc) is 2.63. The number of halogens is 2. The summed E-state index contributed by atoms with van der Waals surface area (Å²) in [4.78, 5) is 13.3. The molecule has 1 aromatic rings. The van der Waals surface area contributed by atoms with Crippen molar-refractivity contribution in [3.05, 3.63) is 5.01 Å². The molecule has 1 rings (SSSR count). The number of anilines is 1. The second-order valence-electron chi connectivity index (χ2n) is 3.63. The molecule has 1 aromatic heterocycles. The van der Waals surface area contributed by atoms with Gasteiger partial charge < -0.3 is 10.2 Å². The zero-order valence-corrected chi connectivity index (χ0v) is 13.0. The second kappa shape index (κ2) is 10.5. The maximum absolute atomic E-state index is 11.2. The number of aromatic nitrogens is 2. The molecule has 9 heteroatoms. The van der Waals surface area contributed by atoms with E-state index in [2.05, 4.69) is 25.7 Å². The third-order valence-corrected chi connectivity index (χ3v) is 2.72. The van der Waals surface area contributed by atoms with Crippen LogP contribution in [0.15, 0.2) is 0 Å². The van der Waals surface area contributed by atoms with E-state index in [-0.39, 0.29) is 37.3 Å². The van der Waals surface area contributed by atoms with Crippen molar-refractivity contribution >= 4 is 47.2 Å². The van der Waals surface area contributed by atoms with Crippen LogP contribution in [0.3, 0.4) is 0 Å². The van der Waals surface area contributed by atoms with Gasteiger partial charge in [0, 0.05) is 13.0 Å². The summed E-state index contributed by atoms with van der Waals surface area (Å²) in [6.45, 7) is 1.21. The summed E-state index contributed by atoms with van der Waals surface area (Å²) >= 11 is 1.42. The van der Waals surface area contributed by atoms with Gasteiger partial charge in [0.15, 0.2) is 0 Å². The van der Waals surface area contributed by atoms with Gasteiger partial charge in [-0.15, -0.1) is 35.0 Å². The Morgan fingerprint density at radius 2 is 2.00 bits per heavy atom. The fourth-order valence-corrected chi connectivity index (χ4v) is 1.79. The number of nitrogens with zero attached hydrogens (tertiary/aromatic N) is 3. The highest BCUT2D eigenvalue weighted by Crippen LogP contribution is 2.15. The first-order chi connectivity index (χ1) is 7.61. The van der Waals surface area contributed by atoms with E-state index >= 15 is 0 Å². The Morgan fingerprint density at radius 1 is 1.33 bits per heavy atom. The Kier molecular flexibility index (Phi) is 11.5. The topological polar surface area (TPSA) is 70.1 Å². The molecular formula is C9H19Cl2N5OS. The number of likely N-dealkylation sites (N-methyl/N-ethyl adjacent to an activating group) is 2. The van der Waals surface area contributed by atoms with E-state index in [1.807, 2.05) is 14.1 Å². The number of rotatable bonds is 6. The lowest BCUT2D eigenvalue weighted by Crippen LogP contribution is -2.24. The summed E-state index contributed by atoms with van der Waals surface area (Å²) in [7, 11) is 5.75. The summed E-state index contributed by atoms with van der Waals surface area (Å²) < 4.78 is 0. The first-order valence-corrected chi connectivity index (χ1v) is 5.85. The summed E-state index contributed by atoms with van der Waals surface area (Å²) in [5.41, 5.74) is 0. The number of nitrogens with one attached hydrogen (secondary N) is 2. The molecule has 0 atom stereocenters. The number of hydrogen-bond donors (Lipinski definition) is 2. The Morgan fingerprint density at radius 3 is 2.56 bits per heavy atom. The molecule has 0 aliphatic carbocycles. The molecule has 0 fully saturated rings. The Bertz CT molecular complexity index is 347. The maximum Gasteiger partial charge on any atom is 0.240 e. The molecule has 0 bridgehead atoms. The molecule has 0 spiro atoms. The lowest BCUT2D eigenvalue weighted by Gasteiger charge is -2.05. The molecule has 0 aromatic carbocycles. The van der Waals surface area contributed by atoms with Crippen LogP contribution in [0.5, 0.6) is 0 Å². The molecule has 0 unspecified atom stereocenters. The number of carbonyl (C=O) groups excluding carboxylic acids is 1. The minimum atomic E-state index is -0.0993. The molecule has 1 heterocycles. The molecule has 0 aliphatic heterocycles. The molecule has 0 aliphatic rings. The fourth-order valence-electron chi connectivity index (χ4n) is 1.05. The summed E-state index contributed by atoms with van der Waals surface area (Å²) in [5.74, 6) is -0.0993. The van der Waals surface area contributed by atoms with Crippen LogP contribution in [0.25, 0.3) is 0 Å². The average molecular weight is 316 g/mol. The van der Waals surface area contributed by atoms with Crippen molar-refractivity contribution in [1.29, 1.82) is 0 Å². The fraction of sp³-hybridized carbons (Fsp3) is 0.667. The van der Waals surface area contributed by atoms with Gasteiger partial charge in [0.25, 0.3) is 0 Å². The van der Waals surface area contributed by atoms with Crippen LogP contribution in [0.4, 0.5) is 5.13 Å². The largest absolute Gasteiger partial charge is 0.311 e. The van der Waals surface area contributed by atoms with Crippen LogP contribution >= 0.6 is 36.2 Å². The van der Waals surface area contributed by atoms with Crippen LogP contribution in [0.2, 0.25) is 0 Å². The van der Waals surface area contributed by atoms with E-state index in [0.29, 0.717) is 5.13 Å². The van der Waals surface area contributed by atoms with Crippen molar-refractivity contribution in [3.63, 3.8) is 0 Å². The van der Waals surface area contributed by atoms with E-state index < -0.39 is 0 Å². The van der Waals surface area contributed by atoms with E-state index in [1.54, 1.807) is 7.05 Å². The molecule has 1 amide bonds. The van der Waals surface area contributed by atoms with Crippen molar-refractivity contribution in [3.8, 4) is 0 Å². The van der Waals surface area contributed by atoms with E-state index in [4.69, 9.17) is 0 Å². The summed E-state index contributed by atoms with van der Waals surface area (Å²) in [6, 6.07) is 0. The predicted molar refractivity (Wildman–Crippen MR) is 79.2 cm³/mol. The number of carbonyl (C=O) groups is 1. The van der Waals surface area contributed by atoms with E-state index in [9.17, 15) is 4.79 Å². The normalized spacial score (nSPS) is 9.56. The van der Waals surface area contributed by atoms with Crippen LogP contribution in [-0.2, 0) is 11.2 Å². The molecule has 0 radical (unpaired) electrons. The van der Waals surface area contributed by atoms with Crippen LogP contribution in [0.1, 0.15) is 5.01 Å². The summed E-state index contributed by atoms with van der Waals surface area (Å²) in [5, 5.41) is 14.9. The monoisotopic (exact) mass is 315 g/mol. The van der Waals surface area contributed by atoms with Gasteiger partial charge in [0.05, 0.1) is 6.54 Å². The molecule has 6 nitrogen and oxygen atoms in total. The Hall–Kier alpha value is -0.470.